The van der Waals surface area contributed by atoms with Crippen LogP contribution in [0, 0.1) is 5.82 Å². The van der Waals surface area contributed by atoms with Crippen molar-refractivity contribution >= 4 is 11.7 Å². The Balaban J connectivity index is 1.40. The normalized spacial score (nSPS) is 17.0. The molecule has 1 aromatic carbocycles. The fourth-order valence-corrected chi connectivity index (χ4v) is 4.15. The van der Waals surface area contributed by atoms with Crippen LogP contribution in [0.1, 0.15) is 42.0 Å². The molecule has 3 aromatic heterocycles. The molecule has 1 aliphatic rings. The van der Waals surface area contributed by atoms with Crippen molar-refractivity contribution in [2.24, 2.45) is 0 Å². The van der Waals surface area contributed by atoms with Crippen molar-refractivity contribution in [1.29, 1.82) is 0 Å². The Morgan fingerprint density at radius 1 is 1.14 bits per heavy atom. The molecule has 3 N–H and O–H groups in total. The lowest BCUT2D eigenvalue weighted by Gasteiger charge is -2.35. The number of anilines is 1. The number of hydrogen-bond donors (Lipinski definition) is 2. The molecule has 178 valence electrons. The molecule has 0 aliphatic heterocycles. The lowest BCUT2D eigenvalue weighted by molar-refractivity contribution is 0.0902. The van der Waals surface area contributed by atoms with Crippen LogP contribution in [-0.4, -0.2) is 43.3 Å². The number of ether oxygens (including phenoxy) is 1. The van der Waals surface area contributed by atoms with E-state index in [0.717, 1.165) is 0 Å². The van der Waals surface area contributed by atoms with E-state index < -0.39 is 5.82 Å². The first-order valence-corrected chi connectivity index (χ1v) is 11.4. The summed E-state index contributed by atoms with van der Waals surface area (Å²) in [6, 6.07) is 14.9. The van der Waals surface area contributed by atoms with Crippen molar-refractivity contribution in [3.8, 4) is 23.0 Å². The van der Waals surface area contributed by atoms with Gasteiger partial charge in [-0.3, -0.25) is 9.36 Å². The van der Waals surface area contributed by atoms with Crippen LogP contribution in [-0.2, 0) is 0 Å². The molecule has 1 saturated carbocycles. The molecule has 1 fully saturated rings. The molecular weight excluding hydrogens is 449 g/mol. The molecule has 3 heterocycles. The maximum atomic E-state index is 14.9. The van der Waals surface area contributed by atoms with Crippen LogP contribution in [0.5, 0.6) is 5.75 Å². The lowest BCUT2D eigenvalue weighted by Crippen LogP contribution is -2.44. The first kappa shape index (κ1) is 22.5. The smallest absolute Gasteiger partial charge is 0.270 e. The molecule has 35 heavy (non-hydrogen) atoms. The predicted octanol–water partition coefficient (Wildman–Crippen LogP) is 3.52. The highest BCUT2D eigenvalue weighted by Gasteiger charge is 2.36. The van der Waals surface area contributed by atoms with Crippen molar-refractivity contribution in [2.45, 2.75) is 31.7 Å². The summed E-state index contributed by atoms with van der Waals surface area (Å²) in [5.74, 6) is 1.29. The molecule has 0 radical (unpaired) electrons. The quantitative estimate of drug-likeness (QED) is 0.421. The number of rotatable bonds is 7. The van der Waals surface area contributed by atoms with Gasteiger partial charge in [0.05, 0.1) is 18.5 Å². The van der Waals surface area contributed by atoms with Gasteiger partial charge in [-0.2, -0.15) is 0 Å². The number of nitrogens with two attached hydrogens (primary N) is 1. The molecule has 9 nitrogen and oxygen atoms in total. The van der Waals surface area contributed by atoms with Crippen LogP contribution in [0.15, 0.2) is 60.8 Å². The number of carbonyl (C=O) groups is 1. The van der Waals surface area contributed by atoms with Gasteiger partial charge in [0, 0.05) is 12.0 Å². The second-order valence-electron chi connectivity index (χ2n) is 8.27. The number of amides is 1. The van der Waals surface area contributed by atoms with Crippen molar-refractivity contribution in [3.63, 3.8) is 0 Å². The summed E-state index contributed by atoms with van der Waals surface area (Å²) in [5.41, 5.74) is 6.84. The lowest BCUT2D eigenvalue weighted by atomic mass is 9.79. The van der Waals surface area contributed by atoms with E-state index in [2.05, 4.69) is 25.5 Å². The van der Waals surface area contributed by atoms with Crippen molar-refractivity contribution < 1.29 is 13.9 Å². The molecule has 0 atom stereocenters. The number of hydrogen-bond acceptors (Lipinski definition) is 7. The highest BCUT2D eigenvalue weighted by atomic mass is 19.1. The van der Waals surface area contributed by atoms with Gasteiger partial charge in [0.2, 0.25) is 0 Å². The molecule has 0 bridgehead atoms. The molecule has 5 rings (SSSR count). The van der Waals surface area contributed by atoms with Gasteiger partial charge < -0.3 is 15.8 Å². The van der Waals surface area contributed by atoms with Gasteiger partial charge in [-0.15, -0.1) is 10.2 Å². The van der Waals surface area contributed by atoms with Gasteiger partial charge in [0.15, 0.2) is 5.82 Å². The minimum Gasteiger partial charge on any atom is -0.492 e. The van der Waals surface area contributed by atoms with Crippen LogP contribution in [0.3, 0.4) is 0 Å². The summed E-state index contributed by atoms with van der Waals surface area (Å²) in [5, 5.41) is 11.7. The SMILES string of the molecule is CCOc1ccc(-c2nnc([C@H]3C[C@H](NC(=O)c4cccc(N)n4)C3)n2-c2ccccc2F)nc1. The zero-order valence-electron chi connectivity index (χ0n) is 19.1. The van der Waals surface area contributed by atoms with E-state index in [1.54, 1.807) is 59.3 Å². The number of nitrogens with one attached hydrogen (secondary N) is 1. The van der Waals surface area contributed by atoms with Gasteiger partial charge in [-0.05, 0) is 56.2 Å². The fraction of sp³-hybridized carbons (Fsp3) is 0.240. The monoisotopic (exact) mass is 473 g/mol. The topological polar surface area (TPSA) is 121 Å². The fourth-order valence-electron chi connectivity index (χ4n) is 4.15. The molecule has 0 unspecified atom stereocenters. The number of halogens is 1. The van der Waals surface area contributed by atoms with Gasteiger partial charge in [-0.25, -0.2) is 14.4 Å². The molecule has 10 heteroatoms. The minimum atomic E-state index is -0.391. The average molecular weight is 474 g/mol. The van der Waals surface area contributed by atoms with Crippen LogP contribution in [0.4, 0.5) is 10.2 Å². The third-order valence-electron chi connectivity index (χ3n) is 5.90. The number of nitrogen functional groups attached to an aromatic ring is 1. The molecule has 1 amide bonds. The molecule has 0 spiro atoms. The average Bonchev–Trinajstić information content (AvgIpc) is 3.26. The van der Waals surface area contributed by atoms with E-state index in [1.165, 1.54) is 6.07 Å². The number of pyridine rings is 2. The molecule has 4 aromatic rings. The van der Waals surface area contributed by atoms with E-state index in [4.69, 9.17) is 10.5 Å². The molecule has 1 aliphatic carbocycles. The zero-order valence-corrected chi connectivity index (χ0v) is 19.1. The zero-order chi connectivity index (χ0) is 24.4. The Morgan fingerprint density at radius 3 is 2.69 bits per heavy atom. The number of aromatic nitrogens is 5. The highest BCUT2D eigenvalue weighted by molar-refractivity contribution is 5.92. The summed E-state index contributed by atoms with van der Waals surface area (Å²) in [6.07, 6.45) is 2.88. The highest BCUT2D eigenvalue weighted by Crippen LogP contribution is 2.39. The van der Waals surface area contributed by atoms with E-state index in [9.17, 15) is 9.18 Å². The maximum Gasteiger partial charge on any atom is 0.270 e. The van der Waals surface area contributed by atoms with Crippen LogP contribution < -0.4 is 15.8 Å². The van der Waals surface area contributed by atoms with Crippen molar-refractivity contribution in [1.82, 2.24) is 30.0 Å². The van der Waals surface area contributed by atoms with Gasteiger partial charge >= 0.3 is 0 Å². The number of benzene rings is 1. The Labute approximate surface area is 201 Å². The third-order valence-corrected chi connectivity index (χ3v) is 5.90. The second-order valence-corrected chi connectivity index (χ2v) is 8.27. The van der Waals surface area contributed by atoms with Crippen LogP contribution in [0.2, 0.25) is 0 Å². The van der Waals surface area contributed by atoms with Gasteiger partial charge in [-0.1, -0.05) is 18.2 Å². The summed E-state index contributed by atoms with van der Waals surface area (Å²) in [4.78, 5) is 21.0. The van der Waals surface area contributed by atoms with E-state index >= 15 is 0 Å². The van der Waals surface area contributed by atoms with E-state index in [1.807, 2.05) is 6.92 Å². The second kappa shape index (κ2) is 9.49. The first-order valence-electron chi connectivity index (χ1n) is 11.4. The predicted molar refractivity (Wildman–Crippen MR) is 128 cm³/mol. The number of para-hydroxylation sites is 1. The van der Waals surface area contributed by atoms with Crippen molar-refractivity contribution in [3.05, 3.63) is 78.1 Å². The summed E-state index contributed by atoms with van der Waals surface area (Å²) in [7, 11) is 0. The van der Waals surface area contributed by atoms with Crippen molar-refractivity contribution in [2.75, 3.05) is 12.3 Å². The Kier molecular flexibility index (Phi) is 6.09. The summed E-state index contributed by atoms with van der Waals surface area (Å²) < 4.78 is 22.0. The summed E-state index contributed by atoms with van der Waals surface area (Å²) >= 11 is 0. The Bertz CT molecular complexity index is 1350. The van der Waals surface area contributed by atoms with E-state index in [-0.39, 0.29) is 29.4 Å². The largest absolute Gasteiger partial charge is 0.492 e. The van der Waals surface area contributed by atoms with Crippen LogP contribution >= 0.6 is 0 Å². The number of carbonyl (C=O) groups excluding carboxylic acids is 1. The molecular formula is C25H24FN7O2. The third kappa shape index (κ3) is 4.54. The maximum absolute atomic E-state index is 14.9. The minimum absolute atomic E-state index is 0.0161. The Hall–Kier alpha value is -4.34. The van der Waals surface area contributed by atoms with Gasteiger partial charge in [0.25, 0.3) is 5.91 Å². The summed E-state index contributed by atoms with van der Waals surface area (Å²) in [6.45, 7) is 2.43. The van der Waals surface area contributed by atoms with Gasteiger partial charge in [0.1, 0.15) is 34.6 Å². The Morgan fingerprint density at radius 2 is 1.97 bits per heavy atom. The standard InChI is InChI=1S/C25H24FN7O2/c1-2-35-17-10-11-19(28-14-17)24-32-31-23(33(24)21-8-4-3-6-18(21)26)15-12-16(13-15)29-25(34)20-7-5-9-22(27)30-20/h3-11,14-16H,2,12-13H2,1H3,(H2,27,30)(H,29,34)/t15-,16-. The van der Waals surface area contributed by atoms with E-state index in [0.29, 0.717) is 48.2 Å². The first-order chi connectivity index (χ1) is 17.0. The number of nitrogens with zero attached hydrogens (tertiary/aromatic N) is 5. The van der Waals surface area contributed by atoms with Crippen LogP contribution in [0.25, 0.3) is 17.2 Å². The molecule has 0 saturated heterocycles.